The number of hydrogen-bond acceptors (Lipinski definition) is 4. The van der Waals surface area contributed by atoms with Gasteiger partial charge in [-0.25, -0.2) is 0 Å². The monoisotopic (exact) mass is 228 g/mol. The minimum atomic E-state index is 0.374. The van der Waals surface area contributed by atoms with Crippen molar-refractivity contribution < 1.29 is 9.47 Å². The zero-order valence-electron chi connectivity index (χ0n) is 10.4. The molecule has 2 rings (SSSR count). The lowest BCUT2D eigenvalue weighted by Gasteiger charge is -2.36. The topological polar surface area (TPSA) is 33.7 Å². The molecule has 0 amide bonds. The van der Waals surface area contributed by atoms with Crippen LogP contribution >= 0.6 is 0 Å². The molecular formula is C12H24N2O2. The number of nitrogens with one attached hydrogen (secondary N) is 1. The molecule has 0 bridgehead atoms. The molecule has 0 saturated carbocycles. The summed E-state index contributed by atoms with van der Waals surface area (Å²) in [6.07, 6.45) is 1.93. The van der Waals surface area contributed by atoms with Gasteiger partial charge in [-0.05, 0) is 26.8 Å². The number of ether oxygens (including phenoxy) is 2. The Morgan fingerprint density at radius 3 is 2.62 bits per heavy atom. The first-order valence-electron chi connectivity index (χ1n) is 6.43. The molecule has 3 unspecified atom stereocenters. The van der Waals surface area contributed by atoms with E-state index in [1.165, 1.54) is 6.42 Å². The first-order chi connectivity index (χ1) is 7.74. The minimum Gasteiger partial charge on any atom is -0.379 e. The van der Waals surface area contributed by atoms with Gasteiger partial charge < -0.3 is 14.8 Å². The molecule has 0 radical (unpaired) electrons. The molecule has 0 spiro atoms. The second-order valence-electron chi connectivity index (χ2n) is 5.03. The predicted octanol–water partition coefficient (Wildman–Crippen LogP) is 0.474. The molecule has 2 heterocycles. The van der Waals surface area contributed by atoms with Gasteiger partial charge in [0.05, 0.1) is 25.4 Å². The van der Waals surface area contributed by atoms with Crippen molar-refractivity contribution in [2.45, 2.75) is 38.5 Å². The Balaban J connectivity index is 1.68. The lowest BCUT2D eigenvalue weighted by molar-refractivity contribution is -0.0694. The third-order valence-corrected chi connectivity index (χ3v) is 3.29. The Morgan fingerprint density at radius 2 is 2.00 bits per heavy atom. The zero-order valence-corrected chi connectivity index (χ0v) is 10.4. The summed E-state index contributed by atoms with van der Waals surface area (Å²) in [6.45, 7) is 10.3. The van der Waals surface area contributed by atoms with Gasteiger partial charge in [0.15, 0.2) is 0 Å². The fraction of sp³-hybridized carbons (Fsp3) is 1.00. The van der Waals surface area contributed by atoms with Gasteiger partial charge >= 0.3 is 0 Å². The molecule has 4 heteroatoms. The summed E-state index contributed by atoms with van der Waals surface area (Å²) in [5.41, 5.74) is 0. The van der Waals surface area contributed by atoms with Crippen LogP contribution in [-0.4, -0.2) is 62.5 Å². The van der Waals surface area contributed by atoms with Crippen LogP contribution in [0.2, 0.25) is 0 Å². The molecule has 2 aliphatic rings. The molecular weight excluding hydrogens is 204 g/mol. The van der Waals surface area contributed by atoms with E-state index in [1.54, 1.807) is 0 Å². The van der Waals surface area contributed by atoms with Crippen molar-refractivity contribution in [2.24, 2.45) is 0 Å². The van der Waals surface area contributed by atoms with Gasteiger partial charge in [-0.3, -0.25) is 4.90 Å². The van der Waals surface area contributed by atoms with E-state index >= 15 is 0 Å². The quantitative estimate of drug-likeness (QED) is 0.761. The van der Waals surface area contributed by atoms with E-state index in [1.807, 2.05) is 0 Å². The van der Waals surface area contributed by atoms with Crippen molar-refractivity contribution in [3.05, 3.63) is 0 Å². The van der Waals surface area contributed by atoms with E-state index in [0.717, 1.165) is 39.4 Å². The van der Waals surface area contributed by atoms with E-state index in [0.29, 0.717) is 18.2 Å². The molecule has 16 heavy (non-hydrogen) atoms. The van der Waals surface area contributed by atoms with Crippen LogP contribution in [0.3, 0.4) is 0 Å². The van der Waals surface area contributed by atoms with Gasteiger partial charge in [0.1, 0.15) is 0 Å². The molecule has 0 aromatic rings. The SMILES string of the molecule is CC1CN(CCC2COCCN2)CC(C)O1. The standard InChI is InChI=1S/C12H24N2O2/c1-10-7-14(8-11(2)16-10)5-3-12-9-15-6-4-13-12/h10-13H,3-9H2,1-2H3. The van der Waals surface area contributed by atoms with E-state index < -0.39 is 0 Å². The second-order valence-corrected chi connectivity index (χ2v) is 5.03. The Hall–Kier alpha value is -0.160. The van der Waals surface area contributed by atoms with E-state index in [4.69, 9.17) is 9.47 Å². The smallest absolute Gasteiger partial charge is 0.0678 e. The maximum absolute atomic E-state index is 5.73. The summed E-state index contributed by atoms with van der Waals surface area (Å²) in [7, 11) is 0. The van der Waals surface area contributed by atoms with Gasteiger partial charge in [0, 0.05) is 25.7 Å². The van der Waals surface area contributed by atoms with Crippen molar-refractivity contribution in [3.63, 3.8) is 0 Å². The summed E-state index contributed by atoms with van der Waals surface area (Å²) in [6, 6.07) is 0.544. The minimum absolute atomic E-state index is 0.374. The second kappa shape index (κ2) is 5.96. The maximum atomic E-state index is 5.73. The predicted molar refractivity (Wildman–Crippen MR) is 63.7 cm³/mol. The summed E-state index contributed by atoms with van der Waals surface area (Å²) in [5.74, 6) is 0. The van der Waals surface area contributed by atoms with Crippen LogP contribution in [0.15, 0.2) is 0 Å². The number of hydrogen-bond donors (Lipinski definition) is 1. The third kappa shape index (κ3) is 3.70. The molecule has 0 aliphatic carbocycles. The molecule has 4 nitrogen and oxygen atoms in total. The van der Waals surface area contributed by atoms with Crippen molar-refractivity contribution in [1.29, 1.82) is 0 Å². The number of nitrogens with zero attached hydrogens (tertiary/aromatic N) is 1. The summed E-state index contributed by atoms with van der Waals surface area (Å²) >= 11 is 0. The molecule has 0 aromatic heterocycles. The fourth-order valence-corrected chi connectivity index (χ4v) is 2.61. The highest BCUT2D eigenvalue weighted by molar-refractivity contribution is 4.76. The van der Waals surface area contributed by atoms with E-state index in [-0.39, 0.29) is 0 Å². The van der Waals surface area contributed by atoms with Gasteiger partial charge in [0.2, 0.25) is 0 Å². The molecule has 2 saturated heterocycles. The molecule has 2 fully saturated rings. The van der Waals surface area contributed by atoms with Crippen LogP contribution in [0.5, 0.6) is 0 Å². The summed E-state index contributed by atoms with van der Waals surface area (Å²) in [4.78, 5) is 2.51. The summed E-state index contributed by atoms with van der Waals surface area (Å²) < 4.78 is 11.2. The van der Waals surface area contributed by atoms with Crippen LogP contribution < -0.4 is 5.32 Å². The maximum Gasteiger partial charge on any atom is 0.0678 e. The molecule has 1 N–H and O–H groups in total. The van der Waals surface area contributed by atoms with Crippen LogP contribution in [0.1, 0.15) is 20.3 Å². The van der Waals surface area contributed by atoms with Crippen molar-refractivity contribution >= 4 is 0 Å². The molecule has 2 aliphatic heterocycles. The van der Waals surface area contributed by atoms with Crippen molar-refractivity contribution in [3.8, 4) is 0 Å². The number of morpholine rings is 2. The summed E-state index contributed by atoms with van der Waals surface area (Å²) in [5, 5.41) is 3.50. The highest BCUT2D eigenvalue weighted by atomic mass is 16.5. The van der Waals surface area contributed by atoms with E-state index in [2.05, 4.69) is 24.1 Å². The van der Waals surface area contributed by atoms with Crippen molar-refractivity contribution in [2.75, 3.05) is 39.4 Å². The van der Waals surface area contributed by atoms with Gasteiger partial charge in [-0.2, -0.15) is 0 Å². The highest BCUT2D eigenvalue weighted by Gasteiger charge is 2.23. The highest BCUT2D eigenvalue weighted by Crippen LogP contribution is 2.11. The van der Waals surface area contributed by atoms with Gasteiger partial charge in [-0.15, -0.1) is 0 Å². The molecule has 3 atom stereocenters. The molecule has 94 valence electrons. The lowest BCUT2D eigenvalue weighted by Crippen LogP contribution is -2.48. The first-order valence-corrected chi connectivity index (χ1v) is 6.43. The first kappa shape index (κ1) is 12.3. The van der Waals surface area contributed by atoms with E-state index in [9.17, 15) is 0 Å². The van der Waals surface area contributed by atoms with Crippen LogP contribution in [0.4, 0.5) is 0 Å². The Morgan fingerprint density at radius 1 is 1.25 bits per heavy atom. The van der Waals surface area contributed by atoms with Crippen molar-refractivity contribution in [1.82, 2.24) is 10.2 Å². The Labute approximate surface area is 98.3 Å². The Kier molecular flexibility index (Phi) is 4.58. The van der Waals surface area contributed by atoms with Gasteiger partial charge in [-0.1, -0.05) is 0 Å². The fourth-order valence-electron chi connectivity index (χ4n) is 2.61. The third-order valence-electron chi connectivity index (χ3n) is 3.29. The Bertz CT molecular complexity index is 197. The van der Waals surface area contributed by atoms with Crippen LogP contribution in [0.25, 0.3) is 0 Å². The lowest BCUT2D eigenvalue weighted by atomic mass is 10.1. The zero-order chi connectivity index (χ0) is 11.4. The van der Waals surface area contributed by atoms with Gasteiger partial charge in [0.25, 0.3) is 0 Å². The van der Waals surface area contributed by atoms with Crippen LogP contribution in [-0.2, 0) is 9.47 Å². The number of rotatable bonds is 3. The average Bonchev–Trinajstić information content (AvgIpc) is 2.27. The van der Waals surface area contributed by atoms with Crippen LogP contribution in [0, 0.1) is 0 Å². The largest absolute Gasteiger partial charge is 0.379 e. The normalized spacial score (nSPS) is 37.5. The average molecular weight is 228 g/mol. The molecule has 0 aromatic carbocycles.